The molecule has 0 radical (unpaired) electrons. The van der Waals surface area contributed by atoms with Crippen LogP contribution < -0.4 is 11.5 Å². The van der Waals surface area contributed by atoms with Crippen LogP contribution in [0.2, 0.25) is 0 Å². The van der Waals surface area contributed by atoms with Crippen molar-refractivity contribution in [1.82, 2.24) is 9.21 Å². The first kappa shape index (κ1) is 20.8. The van der Waals surface area contributed by atoms with Gasteiger partial charge in [0.15, 0.2) is 0 Å². The van der Waals surface area contributed by atoms with Crippen LogP contribution in [0.1, 0.15) is 27.0 Å². The summed E-state index contributed by atoms with van der Waals surface area (Å²) in [5.74, 6) is -0.327. The maximum absolute atomic E-state index is 12.8. The van der Waals surface area contributed by atoms with E-state index >= 15 is 0 Å². The minimum absolute atomic E-state index is 0.0572. The summed E-state index contributed by atoms with van der Waals surface area (Å²) in [4.78, 5) is 14.3. The van der Waals surface area contributed by atoms with Crippen LogP contribution in [0.4, 0.5) is 5.69 Å². The zero-order chi connectivity index (χ0) is 21.2. The molecule has 29 heavy (non-hydrogen) atoms. The average molecular weight is 416 g/mol. The first-order valence-corrected chi connectivity index (χ1v) is 10.8. The summed E-state index contributed by atoms with van der Waals surface area (Å²) >= 11 is 0. The molecular weight excluding hydrogens is 390 g/mol. The first-order chi connectivity index (χ1) is 13.7. The van der Waals surface area contributed by atoms with Gasteiger partial charge in [-0.25, -0.2) is 8.42 Å². The zero-order valence-corrected chi connectivity index (χ0v) is 17.1. The highest BCUT2D eigenvalue weighted by molar-refractivity contribution is 7.88. The fraction of sp³-hybridized carbons (Fsp3) is 0.300. The Morgan fingerprint density at radius 3 is 2.21 bits per heavy atom. The average Bonchev–Trinajstić information content (AvgIpc) is 2.70. The molecule has 1 saturated heterocycles. The van der Waals surface area contributed by atoms with Crippen LogP contribution in [0.25, 0.3) is 0 Å². The smallest absolute Gasteiger partial charge is 0.253 e. The number of nitrogens with zero attached hydrogens (tertiary/aromatic N) is 2. The quantitative estimate of drug-likeness (QED) is 0.383. The van der Waals surface area contributed by atoms with Crippen LogP contribution in [0, 0.1) is 12.3 Å². The van der Waals surface area contributed by atoms with Crippen LogP contribution in [-0.4, -0.2) is 55.5 Å². The van der Waals surface area contributed by atoms with Crippen LogP contribution in [0.15, 0.2) is 42.5 Å². The van der Waals surface area contributed by atoms with Gasteiger partial charge >= 0.3 is 0 Å². The predicted octanol–water partition coefficient (Wildman–Crippen LogP) is 1.15. The number of aryl methyl sites for hydroxylation is 1. The van der Waals surface area contributed by atoms with Crippen molar-refractivity contribution in [1.29, 1.82) is 5.41 Å². The lowest BCUT2D eigenvalue weighted by atomic mass is 10.1. The third-order valence-electron chi connectivity index (χ3n) is 5.07. The predicted molar refractivity (Wildman–Crippen MR) is 113 cm³/mol. The van der Waals surface area contributed by atoms with Gasteiger partial charge in [0, 0.05) is 43.0 Å². The second-order valence-corrected chi connectivity index (χ2v) is 9.09. The van der Waals surface area contributed by atoms with Gasteiger partial charge in [0.2, 0.25) is 10.0 Å². The van der Waals surface area contributed by atoms with Crippen molar-refractivity contribution in [2.75, 3.05) is 31.9 Å². The monoisotopic (exact) mass is 415 g/mol. The van der Waals surface area contributed by atoms with Crippen LogP contribution in [0.3, 0.4) is 0 Å². The molecule has 1 aliphatic rings. The summed E-state index contributed by atoms with van der Waals surface area (Å²) in [7, 11) is -3.50. The summed E-state index contributed by atoms with van der Waals surface area (Å²) < 4.78 is 27.1. The fourth-order valence-electron chi connectivity index (χ4n) is 3.28. The second kappa shape index (κ2) is 8.22. The van der Waals surface area contributed by atoms with Gasteiger partial charge in [-0.1, -0.05) is 18.2 Å². The minimum Gasteiger partial charge on any atom is -0.399 e. The molecule has 154 valence electrons. The van der Waals surface area contributed by atoms with E-state index in [1.54, 1.807) is 41.3 Å². The number of hydrogen-bond acceptors (Lipinski definition) is 5. The molecule has 3 rings (SSSR count). The van der Waals surface area contributed by atoms with Gasteiger partial charge in [0.1, 0.15) is 5.84 Å². The summed E-state index contributed by atoms with van der Waals surface area (Å²) in [6, 6.07) is 11.8. The molecule has 8 nitrogen and oxygen atoms in total. The highest BCUT2D eigenvalue weighted by Crippen LogP contribution is 2.19. The van der Waals surface area contributed by atoms with E-state index in [-0.39, 0.29) is 30.6 Å². The van der Waals surface area contributed by atoms with E-state index in [1.807, 2.05) is 13.0 Å². The second-order valence-electron chi connectivity index (χ2n) is 7.12. The number of carbonyl (C=O) groups excluding carboxylic acids is 1. The molecule has 0 bridgehead atoms. The van der Waals surface area contributed by atoms with E-state index in [2.05, 4.69) is 0 Å². The van der Waals surface area contributed by atoms with Crippen molar-refractivity contribution in [3.05, 3.63) is 64.7 Å². The fourth-order valence-corrected chi connectivity index (χ4v) is 4.89. The van der Waals surface area contributed by atoms with Crippen molar-refractivity contribution in [2.24, 2.45) is 5.73 Å². The number of sulfonamides is 1. The standard InChI is InChI=1S/C20H25N5O3S/c1-14-2-7-18(21)12-17(14)13-29(27,28)25-10-8-24(9-11-25)20(26)16-5-3-15(4-6-16)19(22)23/h2-7,12H,8-11,13,21H2,1H3,(H3,22,23). The van der Waals surface area contributed by atoms with Crippen molar-refractivity contribution in [2.45, 2.75) is 12.7 Å². The lowest BCUT2D eigenvalue weighted by Gasteiger charge is -2.34. The molecule has 9 heteroatoms. The normalized spacial score (nSPS) is 15.3. The molecule has 1 heterocycles. The van der Waals surface area contributed by atoms with Crippen LogP contribution in [0.5, 0.6) is 0 Å². The summed E-state index contributed by atoms with van der Waals surface area (Å²) in [6.45, 7) is 3.01. The molecule has 2 aromatic rings. The van der Waals surface area contributed by atoms with Gasteiger partial charge < -0.3 is 16.4 Å². The number of rotatable bonds is 5. The first-order valence-electron chi connectivity index (χ1n) is 9.24. The Hall–Kier alpha value is -2.91. The summed E-state index contributed by atoms with van der Waals surface area (Å²) in [5, 5.41) is 7.41. The minimum atomic E-state index is -3.50. The number of benzene rings is 2. The molecule has 0 saturated carbocycles. The van der Waals surface area contributed by atoms with E-state index in [4.69, 9.17) is 16.9 Å². The van der Waals surface area contributed by atoms with Gasteiger partial charge in [0.25, 0.3) is 5.91 Å². The van der Waals surface area contributed by atoms with E-state index < -0.39 is 10.0 Å². The van der Waals surface area contributed by atoms with E-state index in [0.717, 1.165) is 5.56 Å². The van der Waals surface area contributed by atoms with Gasteiger partial charge in [-0.3, -0.25) is 10.2 Å². The molecule has 0 atom stereocenters. The van der Waals surface area contributed by atoms with Crippen LogP contribution in [-0.2, 0) is 15.8 Å². The SMILES string of the molecule is Cc1ccc(N)cc1CS(=O)(=O)N1CCN(C(=O)c2ccc(C(=N)N)cc2)CC1. The number of amides is 1. The zero-order valence-electron chi connectivity index (χ0n) is 16.3. The largest absolute Gasteiger partial charge is 0.399 e. The van der Waals surface area contributed by atoms with E-state index in [1.165, 1.54) is 4.31 Å². The number of nitrogens with one attached hydrogen (secondary N) is 1. The Morgan fingerprint density at radius 2 is 1.62 bits per heavy atom. The maximum Gasteiger partial charge on any atom is 0.253 e. The van der Waals surface area contributed by atoms with E-state index in [9.17, 15) is 13.2 Å². The van der Waals surface area contributed by atoms with Gasteiger partial charge in [-0.05, 0) is 42.3 Å². The number of nitrogens with two attached hydrogens (primary N) is 2. The number of amidine groups is 1. The molecule has 1 aliphatic heterocycles. The number of anilines is 1. The molecule has 0 aromatic heterocycles. The molecular formula is C20H25N5O3S. The third kappa shape index (κ3) is 4.75. The Kier molecular flexibility index (Phi) is 5.90. The third-order valence-corrected chi connectivity index (χ3v) is 6.90. The van der Waals surface area contributed by atoms with Crippen molar-refractivity contribution >= 4 is 27.5 Å². The highest BCUT2D eigenvalue weighted by atomic mass is 32.2. The number of piperazine rings is 1. The van der Waals surface area contributed by atoms with Gasteiger partial charge in [-0.15, -0.1) is 0 Å². The van der Waals surface area contributed by atoms with Crippen molar-refractivity contribution < 1.29 is 13.2 Å². The van der Waals surface area contributed by atoms with Crippen molar-refractivity contribution in [3.63, 3.8) is 0 Å². The lowest BCUT2D eigenvalue weighted by molar-refractivity contribution is 0.0698. The highest BCUT2D eigenvalue weighted by Gasteiger charge is 2.29. The summed E-state index contributed by atoms with van der Waals surface area (Å²) in [6.07, 6.45) is 0. The Balaban J connectivity index is 1.64. The Bertz CT molecular complexity index is 1030. The summed E-state index contributed by atoms with van der Waals surface area (Å²) in [5.41, 5.74) is 14.4. The molecule has 0 unspecified atom stereocenters. The molecule has 2 aromatic carbocycles. The topological polar surface area (TPSA) is 134 Å². The number of hydrogen-bond donors (Lipinski definition) is 3. The molecule has 0 spiro atoms. The van der Waals surface area contributed by atoms with Crippen LogP contribution >= 0.6 is 0 Å². The van der Waals surface area contributed by atoms with Gasteiger partial charge in [-0.2, -0.15) is 4.31 Å². The molecule has 1 fully saturated rings. The molecule has 1 amide bonds. The maximum atomic E-state index is 12.8. The van der Waals surface area contributed by atoms with E-state index in [0.29, 0.717) is 35.5 Å². The van der Waals surface area contributed by atoms with Crippen molar-refractivity contribution in [3.8, 4) is 0 Å². The Morgan fingerprint density at radius 1 is 1.03 bits per heavy atom. The lowest BCUT2D eigenvalue weighted by Crippen LogP contribution is -2.50. The number of nitrogen functional groups attached to an aromatic ring is 2. The molecule has 5 N–H and O–H groups in total. The Labute approximate surface area is 170 Å². The molecule has 0 aliphatic carbocycles. The number of carbonyl (C=O) groups is 1. The van der Waals surface area contributed by atoms with Gasteiger partial charge in [0.05, 0.1) is 5.75 Å².